The first kappa shape index (κ1) is 21.3. The van der Waals surface area contributed by atoms with Crippen molar-refractivity contribution in [2.24, 2.45) is 5.73 Å². The van der Waals surface area contributed by atoms with Crippen LogP contribution in [0.4, 0.5) is 5.69 Å². The van der Waals surface area contributed by atoms with E-state index in [0.717, 1.165) is 16.0 Å². The van der Waals surface area contributed by atoms with Gasteiger partial charge in [0, 0.05) is 21.6 Å². The lowest BCUT2D eigenvalue weighted by molar-refractivity contribution is -0.115. The first-order chi connectivity index (χ1) is 15.5. The minimum absolute atomic E-state index is 0.135. The molecule has 8 heteroatoms. The predicted molar refractivity (Wildman–Crippen MR) is 124 cm³/mol. The zero-order valence-corrected chi connectivity index (χ0v) is 18.1. The number of nitrogens with zero attached hydrogens (tertiary/aromatic N) is 2. The van der Waals surface area contributed by atoms with E-state index in [-0.39, 0.29) is 11.7 Å². The molecule has 3 N–H and O–H groups in total. The summed E-state index contributed by atoms with van der Waals surface area (Å²) >= 11 is 1.28. The van der Waals surface area contributed by atoms with Crippen LogP contribution in [-0.2, 0) is 4.79 Å². The van der Waals surface area contributed by atoms with Gasteiger partial charge in [-0.05, 0) is 55.0 Å². The minimum atomic E-state index is -0.418. The van der Waals surface area contributed by atoms with E-state index < -0.39 is 5.91 Å². The van der Waals surface area contributed by atoms with E-state index in [1.807, 2.05) is 49.4 Å². The van der Waals surface area contributed by atoms with Crippen LogP contribution in [0.25, 0.3) is 22.9 Å². The van der Waals surface area contributed by atoms with E-state index in [1.54, 1.807) is 30.3 Å². The number of thioether (sulfide) groups is 1. The second-order valence-electron chi connectivity index (χ2n) is 7.01. The summed E-state index contributed by atoms with van der Waals surface area (Å²) < 4.78 is 5.83. The van der Waals surface area contributed by atoms with E-state index >= 15 is 0 Å². The maximum absolute atomic E-state index is 12.7. The summed E-state index contributed by atoms with van der Waals surface area (Å²) in [5, 5.41) is 11.2. The number of nitrogens with two attached hydrogens (primary N) is 1. The second kappa shape index (κ2) is 9.49. The fourth-order valence-corrected chi connectivity index (χ4v) is 3.81. The summed E-state index contributed by atoms with van der Waals surface area (Å²) in [4.78, 5) is 24.6. The van der Waals surface area contributed by atoms with Crippen LogP contribution in [0.15, 0.2) is 82.1 Å². The highest BCUT2D eigenvalue weighted by Crippen LogP contribution is 2.28. The normalized spacial score (nSPS) is 10.7. The van der Waals surface area contributed by atoms with Crippen LogP contribution in [0.1, 0.15) is 15.9 Å². The quantitative estimate of drug-likeness (QED) is 0.405. The van der Waals surface area contributed by atoms with Gasteiger partial charge in [0.2, 0.25) is 17.7 Å². The van der Waals surface area contributed by atoms with Gasteiger partial charge < -0.3 is 15.5 Å². The van der Waals surface area contributed by atoms with Gasteiger partial charge in [0.25, 0.3) is 5.91 Å². The first-order valence-corrected chi connectivity index (χ1v) is 10.8. The Labute approximate surface area is 189 Å². The van der Waals surface area contributed by atoms with E-state index in [9.17, 15) is 9.59 Å². The smallest absolute Gasteiger partial charge is 0.255 e. The average molecular weight is 445 g/mol. The Bertz CT molecular complexity index is 1270. The van der Waals surface area contributed by atoms with Crippen LogP contribution < -0.4 is 11.1 Å². The molecule has 0 unspecified atom stereocenters. The topological polar surface area (TPSA) is 111 Å². The first-order valence-electron chi connectivity index (χ1n) is 9.82. The molecule has 0 fully saturated rings. The largest absolute Gasteiger partial charge is 0.416 e. The third-order valence-corrected chi connectivity index (χ3v) is 5.80. The lowest BCUT2D eigenvalue weighted by atomic mass is 10.1. The molecule has 2 amide bonds. The maximum atomic E-state index is 12.7. The molecule has 0 aliphatic heterocycles. The average Bonchev–Trinajstić information content (AvgIpc) is 3.29. The molecule has 0 radical (unpaired) electrons. The summed E-state index contributed by atoms with van der Waals surface area (Å²) in [5.41, 5.74) is 8.96. The minimum Gasteiger partial charge on any atom is -0.416 e. The summed E-state index contributed by atoms with van der Waals surface area (Å²) in [6.45, 7) is 1.98. The number of primary amides is 1. The fourth-order valence-electron chi connectivity index (χ4n) is 3.06. The van der Waals surface area contributed by atoms with Crippen molar-refractivity contribution in [2.45, 2.75) is 11.8 Å². The second-order valence-corrected chi connectivity index (χ2v) is 8.03. The van der Waals surface area contributed by atoms with Crippen molar-refractivity contribution in [1.29, 1.82) is 0 Å². The number of para-hydroxylation sites is 1. The van der Waals surface area contributed by atoms with E-state index in [1.165, 1.54) is 11.8 Å². The molecule has 0 aliphatic rings. The molecular formula is C24H20N4O3S. The Kier molecular flexibility index (Phi) is 6.32. The molecule has 0 aliphatic carbocycles. The SMILES string of the molecule is Cc1ccccc1-c1nnc(-c2ccc(C(=O)Nc3ccccc3SCC(N)=O)cc2)o1. The van der Waals surface area contributed by atoms with Gasteiger partial charge in [-0.15, -0.1) is 22.0 Å². The number of hydrogen-bond donors (Lipinski definition) is 2. The van der Waals surface area contributed by atoms with Gasteiger partial charge in [0.05, 0.1) is 11.4 Å². The molecular weight excluding hydrogens is 424 g/mol. The number of amides is 2. The third kappa shape index (κ3) is 4.87. The summed E-state index contributed by atoms with van der Waals surface area (Å²) in [5.74, 6) is 0.275. The number of anilines is 1. The van der Waals surface area contributed by atoms with Gasteiger partial charge in [0.15, 0.2) is 0 Å². The van der Waals surface area contributed by atoms with Crippen LogP contribution in [0.5, 0.6) is 0 Å². The molecule has 0 saturated heterocycles. The standard InChI is InChI=1S/C24H20N4O3S/c1-15-6-2-3-7-18(15)24-28-27-23(31-24)17-12-10-16(11-13-17)22(30)26-19-8-4-5-9-20(19)32-14-21(25)29/h2-13H,14H2,1H3,(H2,25,29)(H,26,30). The molecule has 4 aromatic rings. The van der Waals surface area contributed by atoms with Crippen molar-refractivity contribution in [3.05, 3.63) is 83.9 Å². The number of nitrogens with one attached hydrogen (secondary N) is 1. The lowest BCUT2D eigenvalue weighted by Gasteiger charge is -2.10. The third-order valence-electron chi connectivity index (χ3n) is 4.70. The number of carbonyl (C=O) groups excluding carboxylic acids is 2. The number of rotatable bonds is 7. The van der Waals surface area contributed by atoms with Gasteiger partial charge in [-0.2, -0.15) is 0 Å². The summed E-state index contributed by atoms with van der Waals surface area (Å²) in [7, 11) is 0. The highest BCUT2D eigenvalue weighted by Gasteiger charge is 2.14. The molecule has 32 heavy (non-hydrogen) atoms. The number of benzene rings is 3. The molecule has 3 aromatic carbocycles. The lowest BCUT2D eigenvalue weighted by Crippen LogP contribution is -2.14. The van der Waals surface area contributed by atoms with Gasteiger partial charge in [0.1, 0.15) is 0 Å². The number of hydrogen-bond acceptors (Lipinski definition) is 6. The molecule has 160 valence electrons. The van der Waals surface area contributed by atoms with Crippen molar-refractivity contribution in [3.63, 3.8) is 0 Å². The van der Waals surface area contributed by atoms with Crippen LogP contribution in [0.3, 0.4) is 0 Å². The summed E-state index contributed by atoms with van der Waals surface area (Å²) in [6, 6.07) is 22.0. The number of aryl methyl sites for hydroxylation is 1. The molecule has 1 heterocycles. The van der Waals surface area contributed by atoms with Crippen LogP contribution >= 0.6 is 11.8 Å². The molecule has 0 bridgehead atoms. The van der Waals surface area contributed by atoms with E-state index in [2.05, 4.69) is 15.5 Å². The van der Waals surface area contributed by atoms with Crippen molar-refractivity contribution >= 4 is 29.3 Å². The molecule has 4 rings (SSSR count). The monoisotopic (exact) mass is 444 g/mol. The van der Waals surface area contributed by atoms with Crippen LogP contribution in [-0.4, -0.2) is 27.8 Å². The fraction of sp³-hybridized carbons (Fsp3) is 0.0833. The Morgan fingerprint density at radius 1 is 0.938 bits per heavy atom. The Balaban J connectivity index is 1.48. The van der Waals surface area contributed by atoms with Gasteiger partial charge in [-0.1, -0.05) is 30.3 Å². The van der Waals surface area contributed by atoms with Crippen molar-refractivity contribution < 1.29 is 14.0 Å². The maximum Gasteiger partial charge on any atom is 0.255 e. The number of carbonyl (C=O) groups is 2. The van der Waals surface area contributed by atoms with Crippen molar-refractivity contribution in [2.75, 3.05) is 11.1 Å². The Morgan fingerprint density at radius 3 is 2.38 bits per heavy atom. The van der Waals surface area contributed by atoms with Crippen LogP contribution in [0.2, 0.25) is 0 Å². The van der Waals surface area contributed by atoms with Gasteiger partial charge >= 0.3 is 0 Å². The summed E-state index contributed by atoms with van der Waals surface area (Å²) in [6.07, 6.45) is 0. The molecule has 0 saturated carbocycles. The zero-order valence-electron chi connectivity index (χ0n) is 17.2. The molecule has 7 nitrogen and oxygen atoms in total. The highest BCUT2D eigenvalue weighted by molar-refractivity contribution is 8.00. The number of aromatic nitrogens is 2. The van der Waals surface area contributed by atoms with E-state index in [0.29, 0.717) is 28.6 Å². The zero-order chi connectivity index (χ0) is 22.5. The van der Waals surface area contributed by atoms with E-state index in [4.69, 9.17) is 10.2 Å². The van der Waals surface area contributed by atoms with Crippen LogP contribution in [0, 0.1) is 6.92 Å². The van der Waals surface area contributed by atoms with Crippen molar-refractivity contribution in [3.8, 4) is 22.9 Å². The molecule has 0 spiro atoms. The highest BCUT2D eigenvalue weighted by atomic mass is 32.2. The molecule has 1 aromatic heterocycles. The molecule has 0 atom stereocenters. The predicted octanol–water partition coefficient (Wildman–Crippen LogP) is 4.54. The van der Waals surface area contributed by atoms with Gasteiger partial charge in [-0.25, -0.2) is 0 Å². The van der Waals surface area contributed by atoms with Crippen molar-refractivity contribution in [1.82, 2.24) is 10.2 Å². The Hall–Kier alpha value is -3.91. The van der Waals surface area contributed by atoms with Gasteiger partial charge in [-0.3, -0.25) is 9.59 Å². The Morgan fingerprint density at radius 2 is 1.62 bits per heavy atom.